The predicted molar refractivity (Wildman–Crippen MR) is 91.8 cm³/mol. The van der Waals surface area contributed by atoms with Crippen LogP contribution in [0.3, 0.4) is 0 Å². The van der Waals surface area contributed by atoms with Crippen molar-refractivity contribution in [1.29, 1.82) is 0 Å². The molecule has 0 aliphatic carbocycles. The average molecular weight is 361 g/mol. The zero-order chi connectivity index (χ0) is 18.7. The van der Waals surface area contributed by atoms with E-state index >= 15 is 0 Å². The fourth-order valence-corrected chi connectivity index (χ4v) is 2.61. The molecule has 8 heteroatoms. The number of rotatable bonds is 4. The number of nitrogens with one attached hydrogen (secondary N) is 2. The number of carbonyl (C=O) groups is 1. The molecule has 1 heterocycles. The summed E-state index contributed by atoms with van der Waals surface area (Å²) >= 11 is 0. The van der Waals surface area contributed by atoms with Crippen molar-refractivity contribution in [2.24, 2.45) is 0 Å². The summed E-state index contributed by atoms with van der Waals surface area (Å²) in [6, 6.07) is 7.99. The maximum Gasteiger partial charge on any atom is 0.327 e. The number of ether oxygens (including phenoxy) is 2. The molecule has 0 aromatic heterocycles. The first-order valence-electron chi connectivity index (χ1n) is 7.72. The van der Waals surface area contributed by atoms with Crippen molar-refractivity contribution in [2.45, 2.75) is 6.17 Å². The third-order valence-corrected chi connectivity index (χ3v) is 3.90. The van der Waals surface area contributed by atoms with Crippen molar-refractivity contribution in [3.05, 3.63) is 66.0 Å². The number of carbonyl (C=O) groups excluding carboxylic acids is 1. The zero-order valence-corrected chi connectivity index (χ0v) is 14.1. The van der Waals surface area contributed by atoms with Crippen LogP contribution in [0.25, 0.3) is 0 Å². The summed E-state index contributed by atoms with van der Waals surface area (Å²) in [5.74, 6) is -0.914. The monoisotopic (exact) mass is 361 g/mol. The van der Waals surface area contributed by atoms with E-state index in [4.69, 9.17) is 9.47 Å². The van der Waals surface area contributed by atoms with E-state index in [1.165, 1.54) is 31.4 Å². The first-order chi connectivity index (χ1) is 12.5. The highest BCUT2D eigenvalue weighted by Gasteiger charge is 2.27. The van der Waals surface area contributed by atoms with Crippen LogP contribution in [0.2, 0.25) is 0 Å². The number of benzene rings is 2. The Morgan fingerprint density at radius 3 is 2.54 bits per heavy atom. The quantitative estimate of drug-likeness (QED) is 0.874. The smallest absolute Gasteiger partial charge is 0.327 e. The van der Waals surface area contributed by atoms with Gasteiger partial charge in [-0.15, -0.1) is 0 Å². The van der Waals surface area contributed by atoms with Gasteiger partial charge in [0, 0.05) is 24.2 Å². The van der Waals surface area contributed by atoms with E-state index in [1.54, 1.807) is 24.4 Å². The molecule has 1 atom stereocenters. The molecule has 0 saturated heterocycles. The van der Waals surface area contributed by atoms with Gasteiger partial charge in [-0.2, -0.15) is 0 Å². The summed E-state index contributed by atoms with van der Waals surface area (Å²) in [7, 11) is 3.01. The molecule has 1 aliphatic rings. The van der Waals surface area contributed by atoms with Crippen molar-refractivity contribution < 1.29 is 23.0 Å². The topological polar surface area (TPSA) is 62.8 Å². The molecular weight excluding hydrogens is 344 g/mol. The maximum atomic E-state index is 13.5. The lowest BCUT2D eigenvalue weighted by Gasteiger charge is -2.24. The molecule has 0 bridgehead atoms. The maximum absolute atomic E-state index is 13.5. The Hall–Kier alpha value is -3.29. The fraction of sp³-hybridized carbons (Fsp3) is 0.167. The van der Waals surface area contributed by atoms with Crippen LogP contribution in [-0.2, 0) is 0 Å². The molecule has 2 amide bonds. The predicted octanol–water partition coefficient (Wildman–Crippen LogP) is 3.59. The Balaban J connectivity index is 1.78. The number of urea groups is 1. The normalized spacial score (nSPS) is 15.5. The highest BCUT2D eigenvalue weighted by molar-refractivity contribution is 5.91. The average Bonchev–Trinajstić information content (AvgIpc) is 3.13. The van der Waals surface area contributed by atoms with E-state index in [9.17, 15) is 13.6 Å². The van der Waals surface area contributed by atoms with Gasteiger partial charge in [-0.1, -0.05) is 6.07 Å². The van der Waals surface area contributed by atoms with Crippen LogP contribution >= 0.6 is 0 Å². The van der Waals surface area contributed by atoms with Crippen LogP contribution in [-0.4, -0.2) is 25.2 Å². The number of amides is 2. The molecule has 6 nitrogen and oxygen atoms in total. The number of hydrogen-bond acceptors (Lipinski definition) is 4. The lowest BCUT2D eigenvalue weighted by Crippen LogP contribution is -2.35. The largest absolute Gasteiger partial charge is 0.493 e. The first-order valence-corrected chi connectivity index (χ1v) is 7.72. The highest BCUT2D eigenvalue weighted by atomic mass is 19.2. The molecule has 0 fully saturated rings. The molecule has 1 unspecified atom stereocenters. The SMILES string of the molecule is COc1ccc(NC(=O)N2C=CNC2c2ccc(F)c(F)c2)cc1OC. The van der Waals surface area contributed by atoms with E-state index in [1.807, 2.05) is 0 Å². The minimum atomic E-state index is -0.976. The molecule has 3 rings (SSSR count). The number of nitrogens with zero attached hydrogens (tertiary/aromatic N) is 1. The van der Waals surface area contributed by atoms with Crippen LogP contribution in [0.5, 0.6) is 11.5 Å². The molecule has 136 valence electrons. The zero-order valence-electron chi connectivity index (χ0n) is 14.1. The highest BCUT2D eigenvalue weighted by Crippen LogP contribution is 2.30. The molecule has 0 spiro atoms. The number of methoxy groups -OCH3 is 2. The van der Waals surface area contributed by atoms with E-state index in [0.717, 1.165) is 12.1 Å². The third-order valence-electron chi connectivity index (χ3n) is 3.90. The number of halogens is 2. The van der Waals surface area contributed by atoms with Gasteiger partial charge in [-0.25, -0.2) is 13.6 Å². The Labute approximate surface area is 149 Å². The van der Waals surface area contributed by atoms with Crippen molar-refractivity contribution in [1.82, 2.24) is 10.2 Å². The fourth-order valence-electron chi connectivity index (χ4n) is 2.61. The Morgan fingerprint density at radius 1 is 1.08 bits per heavy atom. The molecule has 2 aromatic rings. The Bertz CT molecular complexity index is 858. The van der Waals surface area contributed by atoms with Gasteiger partial charge in [0.15, 0.2) is 23.1 Å². The van der Waals surface area contributed by atoms with Gasteiger partial charge in [0.1, 0.15) is 6.17 Å². The number of anilines is 1. The van der Waals surface area contributed by atoms with Gasteiger partial charge in [0.25, 0.3) is 0 Å². The minimum absolute atomic E-state index is 0.413. The van der Waals surface area contributed by atoms with Gasteiger partial charge in [-0.05, 0) is 29.8 Å². The summed E-state index contributed by atoms with van der Waals surface area (Å²) in [4.78, 5) is 13.9. The molecular formula is C18H17F2N3O3. The van der Waals surface area contributed by atoms with Gasteiger partial charge < -0.3 is 20.1 Å². The van der Waals surface area contributed by atoms with E-state index < -0.39 is 23.8 Å². The van der Waals surface area contributed by atoms with E-state index in [0.29, 0.717) is 22.7 Å². The molecule has 0 saturated carbocycles. The second kappa shape index (κ2) is 7.30. The van der Waals surface area contributed by atoms with Crippen molar-refractivity contribution in [2.75, 3.05) is 19.5 Å². The van der Waals surface area contributed by atoms with Gasteiger partial charge in [-0.3, -0.25) is 4.90 Å². The first kappa shape index (κ1) is 17.5. The van der Waals surface area contributed by atoms with Crippen LogP contribution in [0.15, 0.2) is 48.8 Å². The van der Waals surface area contributed by atoms with Crippen molar-refractivity contribution >= 4 is 11.7 Å². The van der Waals surface area contributed by atoms with E-state index in [2.05, 4.69) is 10.6 Å². The molecule has 0 radical (unpaired) electrons. The Kier molecular flexibility index (Phi) is 4.92. The summed E-state index contributed by atoms with van der Waals surface area (Å²) in [5.41, 5.74) is 0.911. The molecule has 2 aromatic carbocycles. The van der Waals surface area contributed by atoms with Crippen LogP contribution in [0.4, 0.5) is 19.3 Å². The van der Waals surface area contributed by atoms with Crippen LogP contribution < -0.4 is 20.1 Å². The Morgan fingerprint density at radius 2 is 1.85 bits per heavy atom. The van der Waals surface area contributed by atoms with Gasteiger partial charge >= 0.3 is 6.03 Å². The van der Waals surface area contributed by atoms with Crippen LogP contribution in [0, 0.1) is 11.6 Å². The molecule has 1 aliphatic heterocycles. The van der Waals surface area contributed by atoms with Gasteiger partial charge in [0.05, 0.1) is 14.2 Å². The van der Waals surface area contributed by atoms with Crippen molar-refractivity contribution in [3.8, 4) is 11.5 Å². The van der Waals surface area contributed by atoms with E-state index in [-0.39, 0.29) is 0 Å². The third kappa shape index (κ3) is 3.39. The molecule has 2 N–H and O–H groups in total. The van der Waals surface area contributed by atoms with Crippen LogP contribution in [0.1, 0.15) is 11.7 Å². The van der Waals surface area contributed by atoms with Crippen molar-refractivity contribution in [3.63, 3.8) is 0 Å². The summed E-state index contributed by atoms with van der Waals surface area (Å²) in [5, 5.41) is 5.66. The lowest BCUT2D eigenvalue weighted by molar-refractivity contribution is 0.214. The second-order valence-electron chi connectivity index (χ2n) is 5.47. The van der Waals surface area contributed by atoms with Gasteiger partial charge in [0.2, 0.25) is 0 Å². The standard InChI is InChI=1S/C18H17F2N3O3/c1-25-15-6-4-12(10-16(15)26-2)22-18(24)23-8-7-21-17(23)11-3-5-13(19)14(20)9-11/h3-10,17,21H,1-2H3,(H,22,24). The molecule has 26 heavy (non-hydrogen) atoms. The minimum Gasteiger partial charge on any atom is -0.493 e. The second-order valence-corrected chi connectivity index (χ2v) is 5.47. The number of hydrogen-bond donors (Lipinski definition) is 2. The summed E-state index contributed by atoms with van der Waals surface area (Å²) in [6.07, 6.45) is 2.42. The summed E-state index contributed by atoms with van der Waals surface area (Å²) in [6.45, 7) is 0. The summed E-state index contributed by atoms with van der Waals surface area (Å²) < 4.78 is 37.0. The lowest BCUT2D eigenvalue weighted by atomic mass is 10.1.